The van der Waals surface area contributed by atoms with Gasteiger partial charge in [0.15, 0.2) is 0 Å². The van der Waals surface area contributed by atoms with Crippen molar-refractivity contribution in [3.05, 3.63) is 59.8 Å². The van der Waals surface area contributed by atoms with Crippen LogP contribution < -0.4 is 0 Å². The molecule has 3 aromatic rings. The Balaban J connectivity index is 1.53. The number of aromatic nitrogens is 3. The molecule has 4 rings (SSSR count). The number of rotatable bonds is 3. The number of hydrogen-bond acceptors (Lipinski definition) is 4. The third kappa shape index (κ3) is 3.00. The summed E-state index contributed by atoms with van der Waals surface area (Å²) in [6, 6.07) is 10.00. The van der Waals surface area contributed by atoms with Gasteiger partial charge in [-0.05, 0) is 31.0 Å². The van der Waals surface area contributed by atoms with Crippen LogP contribution in [0.1, 0.15) is 21.9 Å². The van der Waals surface area contributed by atoms with Crippen molar-refractivity contribution in [2.45, 2.75) is 19.4 Å². The Morgan fingerprint density at radius 3 is 2.92 bits per heavy atom. The van der Waals surface area contributed by atoms with E-state index in [1.54, 1.807) is 17.3 Å². The lowest BCUT2D eigenvalue weighted by molar-refractivity contribution is 0.0759. The molecule has 1 saturated heterocycles. The van der Waals surface area contributed by atoms with Gasteiger partial charge in [-0.2, -0.15) is 0 Å². The molecule has 0 saturated carbocycles. The number of imidazole rings is 1. The number of aryl methyl sites for hydroxylation is 1. The number of nitrogens with zero attached hydrogens (tertiary/aromatic N) is 3. The Labute approximate surface area is 145 Å². The van der Waals surface area contributed by atoms with E-state index in [4.69, 9.17) is 0 Å². The number of nitrogens with one attached hydrogen (secondary N) is 1. The summed E-state index contributed by atoms with van der Waals surface area (Å²) in [5.41, 5.74) is 2.58. The van der Waals surface area contributed by atoms with Gasteiger partial charge in [-0.15, -0.1) is 0 Å². The summed E-state index contributed by atoms with van der Waals surface area (Å²) < 4.78 is 0. The first kappa shape index (κ1) is 15.8. The van der Waals surface area contributed by atoms with Crippen molar-refractivity contribution in [1.82, 2.24) is 19.9 Å². The Morgan fingerprint density at radius 2 is 2.12 bits per heavy atom. The number of fused-ring (bicyclic) bond motifs is 1. The fourth-order valence-electron chi connectivity index (χ4n) is 3.54. The molecule has 1 aliphatic heterocycles. The van der Waals surface area contributed by atoms with Crippen LogP contribution in [0.25, 0.3) is 10.9 Å². The number of pyridine rings is 1. The highest BCUT2D eigenvalue weighted by molar-refractivity contribution is 5.92. The van der Waals surface area contributed by atoms with Crippen LogP contribution in [0, 0.1) is 12.8 Å². The Hall–Kier alpha value is -2.73. The molecule has 0 unspecified atom stereocenters. The monoisotopic (exact) mass is 336 g/mol. The SMILES string of the molecule is Cc1ncc(C(=O)N2C[C@@H](Cc3ccnc4ccccc34)[C@H](O)C2)[nH]1. The standard InChI is InChI=1S/C19H20N4O2/c1-12-21-9-17(22-12)19(25)23-10-14(18(24)11-23)8-13-6-7-20-16-5-3-2-4-15(13)16/h2-7,9,14,18,24H,8,10-11H2,1H3,(H,21,22)/t14-,18-/m1/s1. The second kappa shape index (κ2) is 6.29. The zero-order valence-corrected chi connectivity index (χ0v) is 14.0. The highest BCUT2D eigenvalue weighted by Gasteiger charge is 2.35. The van der Waals surface area contributed by atoms with Crippen molar-refractivity contribution in [3.8, 4) is 0 Å². The molecule has 2 N–H and O–H groups in total. The van der Waals surface area contributed by atoms with Gasteiger partial charge < -0.3 is 15.0 Å². The minimum Gasteiger partial charge on any atom is -0.391 e. The predicted molar refractivity (Wildman–Crippen MR) is 94.2 cm³/mol. The first-order chi connectivity index (χ1) is 12.1. The van der Waals surface area contributed by atoms with Crippen LogP contribution in [-0.2, 0) is 6.42 Å². The number of aliphatic hydroxyl groups excluding tert-OH is 1. The van der Waals surface area contributed by atoms with Crippen molar-refractivity contribution in [2.75, 3.05) is 13.1 Å². The number of carbonyl (C=O) groups is 1. The third-order valence-electron chi connectivity index (χ3n) is 4.85. The van der Waals surface area contributed by atoms with Crippen molar-refractivity contribution in [1.29, 1.82) is 0 Å². The second-order valence-electron chi connectivity index (χ2n) is 6.61. The number of benzene rings is 1. The van der Waals surface area contributed by atoms with Gasteiger partial charge in [-0.1, -0.05) is 18.2 Å². The van der Waals surface area contributed by atoms with E-state index in [1.807, 2.05) is 31.2 Å². The van der Waals surface area contributed by atoms with Gasteiger partial charge in [-0.25, -0.2) is 4.98 Å². The van der Waals surface area contributed by atoms with E-state index in [1.165, 1.54) is 0 Å². The molecule has 1 fully saturated rings. The average molecular weight is 336 g/mol. The molecule has 3 heterocycles. The summed E-state index contributed by atoms with van der Waals surface area (Å²) in [7, 11) is 0. The van der Waals surface area contributed by atoms with Crippen LogP contribution >= 0.6 is 0 Å². The molecule has 128 valence electrons. The van der Waals surface area contributed by atoms with Crippen LogP contribution in [0.15, 0.2) is 42.7 Å². The van der Waals surface area contributed by atoms with Gasteiger partial charge in [0.05, 0.1) is 17.8 Å². The molecule has 2 aromatic heterocycles. The molecule has 6 heteroatoms. The number of para-hydroxylation sites is 1. The molecule has 2 atom stereocenters. The van der Waals surface area contributed by atoms with Crippen molar-refractivity contribution < 1.29 is 9.90 Å². The number of carbonyl (C=O) groups excluding carboxylic acids is 1. The number of H-pyrrole nitrogens is 1. The van der Waals surface area contributed by atoms with E-state index in [0.717, 1.165) is 22.9 Å². The number of β-amino-alcohol motifs (C(OH)–C–C–N with tert-alkyl or cyclic N) is 1. The molecule has 25 heavy (non-hydrogen) atoms. The highest BCUT2D eigenvalue weighted by atomic mass is 16.3. The maximum Gasteiger partial charge on any atom is 0.272 e. The maximum absolute atomic E-state index is 12.5. The summed E-state index contributed by atoms with van der Waals surface area (Å²) in [5, 5.41) is 11.6. The number of hydrogen-bond donors (Lipinski definition) is 2. The fourth-order valence-corrected chi connectivity index (χ4v) is 3.54. The molecule has 0 spiro atoms. The van der Waals surface area contributed by atoms with E-state index in [2.05, 4.69) is 21.0 Å². The molecule has 1 aromatic carbocycles. The smallest absolute Gasteiger partial charge is 0.272 e. The lowest BCUT2D eigenvalue weighted by Gasteiger charge is -2.16. The fraction of sp³-hybridized carbons (Fsp3) is 0.316. The lowest BCUT2D eigenvalue weighted by Crippen LogP contribution is -2.29. The molecule has 0 radical (unpaired) electrons. The van der Waals surface area contributed by atoms with E-state index < -0.39 is 6.10 Å². The average Bonchev–Trinajstić information content (AvgIpc) is 3.21. The number of amides is 1. The summed E-state index contributed by atoms with van der Waals surface area (Å²) >= 11 is 0. The Morgan fingerprint density at radius 1 is 1.28 bits per heavy atom. The van der Waals surface area contributed by atoms with Gasteiger partial charge in [0.25, 0.3) is 5.91 Å². The molecule has 1 amide bonds. The summed E-state index contributed by atoms with van der Waals surface area (Å²) in [6.07, 6.45) is 3.54. The quantitative estimate of drug-likeness (QED) is 0.766. The highest BCUT2D eigenvalue weighted by Crippen LogP contribution is 2.26. The van der Waals surface area contributed by atoms with Crippen molar-refractivity contribution in [2.24, 2.45) is 5.92 Å². The van der Waals surface area contributed by atoms with E-state index in [0.29, 0.717) is 24.6 Å². The molecule has 1 aliphatic rings. The zero-order chi connectivity index (χ0) is 17.4. The molecular weight excluding hydrogens is 316 g/mol. The number of likely N-dealkylation sites (tertiary alicyclic amines) is 1. The minimum atomic E-state index is -0.528. The predicted octanol–water partition coefficient (Wildman–Crippen LogP) is 1.94. The van der Waals surface area contributed by atoms with Crippen molar-refractivity contribution in [3.63, 3.8) is 0 Å². The van der Waals surface area contributed by atoms with Crippen molar-refractivity contribution >= 4 is 16.8 Å². The van der Waals surface area contributed by atoms with Crippen LogP contribution in [0.5, 0.6) is 0 Å². The Bertz CT molecular complexity index is 915. The molecule has 0 aliphatic carbocycles. The van der Waals surface area contributed by atoms with Crippen LogP contribution in [0.2, 0.25) is 0 Å². The number of aromatic amines is 1. The Kier molecular flexibility index (Phi) is 3.97. The van der Waals surface area contributed by atoms with Gasteiger partial charge >= 0.3 is 0 Å². The van der Waals surface area contributed by atoms with E-state index in [9.17, 15) is 9.90 Å². The molecular formula is C19H20N4O2. The first-order valence-corrected chi connectivity index (χ1v) is 8.43. The minimum absolute atomic E-state index is 0.0128. The normalized spacial score (nSPS) is 20.3. The largest absolute Gasteiger partial charge is 0.391 e. The van der Waals surface area contributed by atoms with Crippen LogP contribution in [0.3, 0.4) is 0 Å². The topological polar surface area (TPSA) is 82.1 Å². The van der Waals surface area contributed by atoms with Crippen LogP contribution in [-0.4, -0.2) is 50.1 Å². The van der Waals surface area contributed by atoms with Gasteiger partial charge in [0, 0.05) is 30.6 Å². The molecule has 6 nitrogen and oxygen atoms in total. The van der Waals surface area contributed by atoms with Crippen LogP contribution in [0.4, 0.5) is 0 Å². The van der Waals surface area contributed by atoms with Gasteiger partial charge in [-0.3, -0.25) is 9.78 Å². The zero-order valence-electron chi connectivity index (χ0n) is 14.0. The first-order valence-electron chi connectivity index (χ1n) is 8.43. The van der Waals surface area contributed by atoms with E-state index in [-0.39, 0.29) is 11.8 Å². The second-order valence-corrected chi connectivity index (χ2v) is 6.61. The third-order valence-corrected chi connectivity index (χ3v) is 4.85. The van der Waals surface area contributed by atoms with Gasteiger partial charge in [0.2, 0.25) is 0 Å². The lowest BCUT2D eigenvalue weighted by atomic mass is 9.94. The summed E-state index contributed by atoms with van der Waals surface area (Å²) in [4.78, 5) is 25.7. The summed E-state index contributed by atoms with van der Waals surface area (Å²) in [5.74, 6) is 0.614. The van der Waals surface area contributed by atoms with E-state index >= 15 is 0 Å². The molecule has 0 bridgehead atoms. The number of aliphatic hydroxyl groups is 1. The maximum atomic E-state index is 12.5. The van der Waals surface area contributed by atoms with Gasteiger partial charge in [0.1, 0.15) is 11.5 Å². The summed E-state index contributed by atoms with van der Waals surface area (Å²) in [6.45, 7) is 2.70.